The van der Waals surface area contributed by atoms with Gasteiger partial charge in [-0.05, 0) is 42.2 Å². The van der Waals surface area contributed by atoms with E-state index in [0.717, 1.165) is 11.1 Å². The van der Waals surface area contributed by atoms with Gasteiger partial charge < -0.3 is 30.1 Å². The van der Waals surface area contributed by atoms with Crippen LogP contribution >= 0.6 is 0 Å². The maximum Gasteiger partial charge on any atom is 0.308 e. The fourth-order valence-electron chi connectivity index (χ4n) is 6.94. The van der Waals surface area contributed by atoms with E-state index in [1.54, 1.807) is 14.1 Å². The van der Waals surface area contributed by atoms with Crippen molar-refractivity contribution in [3.05, 3.63) is 71.8 Å². The summed E-state index contributed by atoms with van der Waals surface area (Å²) in [5.41, 5.74) is 1.62. The molecule has 0 radical (unpaired) electrons. The van der Waals surface area contributed by atoms with Gasteiger partial charge in [-0.1, -0.05) is 88.4 Å². The van der Waals surface area contributed by atoms with Gasteiger partial charge in [0.1, 0.15) is 24.2 Å². The Kier molecular flexibility index (Phi) is 13.8. The van der Waals surface area contributed by atoms with E-state index < -0.39 is 65.8 Å². The summed E-state index contributed by atoms with van der Waals surface area (Å²) >= 11 is 0. The van der Waals surface area contributed by atoms with Crippen molar-refractivity contribution in [1.29, 1.82) is 0 Å². The van der Waals surface area contributed by atoms with Gasteiger partial charge in [0.2, 0.25) is 23.6 Å². The molecule has 5 amide bonds. The molecule has 12 heteroatoms. The minimum Gasteiger partial charge on any atom is -0.452 e. The first kappa shape index (κ1) is 39.1. The average molecular weight is 704 g/mol. The first-order valence-corrected chi connectivity index (χ1v) is 18.0. The van der Waals surface area contributed by atoms with E-state index in [-0.39, 0.29) is 44.1 Å². The van der Waals surface area contributed by atoms with Crippen LogP contribution in [0.15, 0.2) is 60.7 Å². The summed E-state index contributed by atoms with van der Waals surface area (Å²) in [4.78, 5) is 87.8. The van der Waals surface area contributed by atoms with Crippen molar-refractivity contribution in [2.24, 2.45) is 11.8 Å². The Hall–Kier alpha value is -4.74. The maximum atomic E-state index is 14.4. The Bertz CT molecular complexity index is 1530. The number of likely N-dealkylation sites (N-methyl/N-ethyl adjacent to an activating group) is 2. The predicted octanol–water partition coefficient (Wildman–Crippen LogP) is 2.74. The summed E-state index contributed by atoms with van der Waals surface area (Å²) in [6.45, 7) is 7.71. The van der Waals surface area contributed by atoms with Crippen molar-refractivity contribution < 1.29 is 33.5 Å². The average Bonchev–Trinajstić information content (AvgIpc) is 3.59. The molecule has 0 saturated carbocycles. The van der Waals surface area contributed by atoms with Crippen LogP contribution in [0.5, 0.6) is 0 Å². The van der Waals surface area contributed by atoms with Crippen molar-refractivity contribution >= 4 is 35.5 Å². The zero-order valence-corrected chi connectivity index (χ0v) is 30.7. The molecule has 0 spiro atoms. The van der Waals surface area contributed by atoms with Crippen LogP contribution in [0, 0.1) is 11.8 Å². The predicted molar refractivity (Wildman–Crippen MR) is 192 cm³/mol. The lowest BCUT2D eigenvalue weighted by molar-refractivity contribution is -0.162. The number of hydrogen-bond donors (Lipinski definition) is 2. The Morgan fingerprint density at radius 2 is 1.37 bits per heavy atom. The lowest BCUT2D eigenvalue weighted by Crippen LogP contribution is -2.60. The van der Waals surface area contributed by atoms with Gasteiger partial charge in [0, 0.05) is 40.0 Å². The van der Waals surface area contributed by atoms with E-state index in [1.807, 2.05) is 88.4 Å². The van der Waals surface area contributed by atoms with Gasteiger partial charge in [-0.15, -0.1) is 0 Å². The summed E-state index contributed by atoms with van der Waals surface area (Å²) < 4.78 is 5.71. The molecule has 2 aliphatic heterocycles. The van der Waals surface area contributed by atoms with E-state index in [2.05, 4.69) is 10.6 Å². The monoisotopic (exact) mass is 703 g/mol. The van der Waals surface area contributed by atoms with Crippen LogP contribution in [0.3, 0.4) is 0 Å². The van der Waals surface area contributed by atoms with Gasteiger partial charge in [-0.2, -0.15) is 0 Å². The molecule has 276 valence electrons. The molecule has 0 bridgehead atoms. The van der Waals surface area contributed by atoms with E-state index in [1.165, 1.54) is 14.7 Å². The lowest BCUT2D eigenvalue weighted by atomic mass is 9.97. The van der Waals surface area contributed by atoms with Gasteiger partial charge in [0.15, 0.2) is 6.10 Å². The number of esters is 1. The van der Waals surface area contributed by atoms with Gasteiger partial charge in [0.25, 0.3) is 5.91 Å². The number of rotatable bonds is 7. The molecule has 0 aromatic heterocycles. The van der Waals surface area contributed by atoms with E-state index in [0.29, 0.717) is 19.4 Å². The quantitative estimate of drug-likeness (QED) is 0.422. The van der Waals surface area contributed by atoms with Crippen molar-refractivity contribution in [1.82, 2.24) is 25.3 Å². The largest absolute Gasteiger partial charge is 0.452 e. The number of fused-ring (bicyclic) bond motifs is 1. The Balaban J connectivity index is 1.75. The summed E-state index contributed by atoms with van der Waals surface area (Å²) in [7, 11) is 3.09. The van der Waals surface area contributed by atoms with Crippen molar-refractivity contribution in [3.8, 4) is 0 Å². The molecule has 2 heterocycles. The summed E-state index contributed by atoms with van der Waals surface area (Å²) in [5.74, 6) is -3.35. The Morgan fingerprint density at radius 1 is 0.765 bits per heavy atom. The molecule has 2 fully saturated rings. The minimum atomic E-state index is -1.11. The molecule has 4 rings (SSSR count). The van der Waals surface area contributed by atoms with E-state index in [4.69, 9.17) is 4.74 Å². The standard InChI is InChI=1S/C39H53N5O7/c1-25(2)22-32-38(49)44-21-13-18-30(44)36(47)41-29(23-27-14-9-7-10-15-27)37(48)43(6)34(26(3)4)39(50)42(5)31(24-28-16-11-8-12-17-28)35(46)40-20-19-33(45)51-32/h7-12,14-17,25-26,29-32,34H,13,18-24H2,1-6H3,(H,40,46)(H,41,47). The highest BCUT2D eigenvalue weighted by atomic mass is 16.5. The number of cyclic esters (lactones) is 1. The number of carbonyl (C=O) groups is 6. The molecule has 2 aliphatic rings. The number of nitrogens with zero attached hydrogens (tertiary/aromatic N) is 3. The van der Waals surface area contributed by atoms with E-state index in [9.17, 15) is 28.8 Å². The Labute approximate surface area is 301 Å². The highest BCUT2D eigenvalue weighted by molar-refractivity contribution is 5.96. The second-order valence-corrected chi connectivity index (χ2v) is 14.4. The first-order valence-electron chi connectivity index (χ1n) is 18.0. The van der Waals surface area contributed by atoms with E-state index >= 15 is 0 Å². The SMILES string of the molecule is CC(C)CC1OC(=O)CCNC(=O)C(Cc2ccccc2)N(C)C(=O)C(C(C)C)N(C)C(=O)C(Cc2ccccc2)NC(=O)C2CCCN2C1=O. The molecular weight excluding hydrogens is 650 g/mol. The van der Waals surface area contributed by atoms with Crippen molar-refractivity contribution in [3.63, 3.8) is 0 Å². The van der Waals surface area contributed by atoms with Crippen LogP contribution in [-0.4, -0.2) is 108 Å². The number of carbonyl (C=O) groups excluding carboxylic acids is 6. The van der Waals surface area contributed by atoms with Gasteiger partial charge in [0.05, 0.1) is 6.42 Å². The summed E-state index contributed by atoms with van der Waals surface area (Å²) in [6.07, 6.45) is 0.238. The Morgan fingerprint density at radius 3 is 1.96 bits per heavy atom. The third kappa shape index (κ3) is 10.2. The minimum absolute atomic E-state index is 0.00655. The van der Waals surface area contributed by atoms with Crippen LogP contribution in [0.4, 0.5) is 0 Å². The molecule has 51 heavy (non-hydrogen) atoms. The van der Waals surface area contributed by atoms with Gasteiger partial charge in [-0.3, -0.25) is 28.8 Å². The second-order valence-electron chi connectivity index (χ2n) is 14.4. The van der Waals surface area contributed by atoms with Crippen molar-refractivity contribution in [2.75, 3.05) is 27.2 Å². The zero-order valence-electron chi connectivity index (χ0n) is 30.7. The molecule has 2 aromatic rings. The maximum absolute atomic E-state index is 14.4. The molecule has 2 saturated heterocycles. The smallest absolute Gasteiger partial charge is 0.308 e. The number of amides is 5. The lowest BCUT2D eigenvalue weighted by Gasteiger charge is -2.38. The molecule has 5 unspecified atom stereocenters. The molecule has 5 atom stereocenters. The first-order chi connectivity index (χ1) is 24.3. The fraction of sp³-hybridized carbons (Fsp3) is 0.538. The third-order valence-electron chi connectivity index (χ3n) is 9.64. The van der Waals surface area contributed by atoms with Crippen molar-refractivity contribution in [2.45, 2.75) is 96.5 Å². The van der Waals surface area contributed by atoms with Crippen LogP contribution < -0.4 is 10.6 Å². The number of benzene rings is 2. The summed E-state index contributed by atoms with van der Waals surface area (Å²) in [6, 6.07) is 14.7. The molecule has 2 N–H and O–H groups in total. The number of nitrogens with one attached hydrogen (secondary N) is 2. The number of ether oxygens (including phenoxy) is 1. The highest BCUT2D eigenvalue weighted by Crippen LogP contribution is 2.24. The zero-order chi connectivity index (χ0) is 37.2. The van der Waals surface area contributed by atoms with Crippen LogP contribution in [-0.2, 0) is 46.3 Å². The summed E-state index contributed by atoms with van der Waals surface area (Å²) in [5, 5.41) is 5.72. The highest BCUT2D eigenvalue weighted by Gasteiger charge is 2.42. The van der Waals surface area contributed by atoms with Gasteiger partial charge in [-0.25, -0.2) is 0 Å². The third-order valence-corrected chi connectivity index (χ3v) is 9.64. The molecule has 2 aromatic carbocycles. The van der Waals surface area contributed by atoms with Crippen LogP contribution in [0.2, 0.25) is 0 Å². The fourth-order valence-corrected chi connectivity index (χ4v) is 6.94. The topological polar surface area (TPSA) is 145 Å². The molecule has 0 aliphatic carbocycles. The van der Waals surface area contributed by atoms with Crippen LogP contribution in [0.25, 0.3) is 0 Å². The normalized spacial score (nSPS) is 24.9. The number of hydrogen-bond acceptors (Lipinski definition) is 7. The second kappa shape index (κ2) is 18.0. The van der Waals surface area contributed by atoms with Gasteiger partial charge >= 0.3 is 5.97 Å². The van der Waals surface area contributed by atoms with Crippen LogP contribution in [0.1, 0.15) is 64.5 Å². The molecular formula is C39H53N5O7. The molecule has 12 nitrogen and oxygen atoms in total.